The van der Waals surface area contributed by atoms with E-state index in [1.54, 1.807) is 31.5 Å². The van der Waals surface area contributed by atoms with Gasteiger partial charge in [-0.15, -0.1) is 0 Å². The standard InChI is InChI=1S/C43H45F2N9O3/c1-56-37-25-31(51-18-14-30(15-19-51)53-21-20-52-22-23-57-27-32(52)26-53)11-12-35(37)47-43-46-16-13-36(48-43)41-39(49-38-10-2-3-17-54(38)41)28-6-4-7-29(24-28)42(55)50-40-33(44)8-5-9-34(40)45/h2-13,16-17,24-25,30,32,39,41H,14-15,18-23,26-27H2,1H3,(H,50,55)(H,46,47,48)/t32-,39?,41?/m0/s1. The molecule has 1 amide bonds. The number of halogens is 2. The van der Waals surface area contributed by atoms with Crippen LogP contribution in [-0.2, 0) is 4.74 Å². The molecule has 0 radical (unpaired) electrons. The number of methoxy groups -OCH3 is 1. The molecule has 0 spiro atoms. The molecule has 0 saturated carbocycles. The lowest BCUT2D eigenvalue weighted by Crippen LogP contribution is -2.60. The minimum absolute atomic E-state index is 0.239. The fraction of sp³-hybridized carbons (Fsp3) is 0.349. The highest BCUT2D eigenvalue weighted by atomic mass is 19.1. The highest BCUT2D eigenvalue weighted by molar-refractivity contribution is 6.04. The Bertz CT molecular complexity index is 2210. The van der Waals surface area contributed by atoms with Crippen LogP contribution in [0.4, 0.5) is 31.8 Å². The smallest absolute Gasteiger partial charge is 0.255 e. The van der Waals surface area contributed by atoms with Crippen molar-refractivity contribution in [3.63, 3.8) is 0 Å². The number of aliphatic imine (C=N–C) groups is 1. The zero-order valence-corrected chi connectivity index (χ0v) is 31.7. The number of morpholine rings is 1. The number of carbonyl (C=O) groups excluding carboxylic acids is 1. The first-order chi connectivity index (χ1) is 27.9. The van der Waals surface area contributed by atoms with E-state index in [2.05, 4.69) is 42.5 Å². The molecule has 3 atom stereocenters. The number of para-hydroxylation sites is 1. The third-order valence-electron chi connectivity index (χ3n) is 11.7. The van der Waals surface area contributed by atoms with Crippen LogP contribution in [0.15, 0.2) is 102 Å². The third kappa shape index (κ3) is 7.59. The highest BCUT2D eigenvalue weighted by Crippen LogP contribution is 2.43. The predicted octanol–water partition coefficient (Wildman–Crippen LogP) is 6.32. The number of nitrogens with zero attached hydrogens (tertiary/aromatic N) is 7. The maximum absolute atomic E-state index is 14.3. The molecule has 9 rings (SSSR count). The Balaban J connectivity index is 0.901. The van der Waals surface area contributed by atoms with E-state index in [0.717, 1.165) is 100 Å². The number of aromatic nitrogens is 2. The van der Waals surface area contributed by atoms with Gasteiger partial charge in [-0.1, -0.05) is 24.3 Å². The molecule has 12 nitrogen and oxygen atoms in total. The second-order valence-electron chi connectivity index (χ2n) is 15.0. The number of hydrogen-bond acceptors (Lipinski definition) is 11. The molecule has 3 saturated heterocycles. The number of amidine groups is 1. The van der Waals surface area contributed by atoms with E-state index >= 15 is 0 Å². The van der Waals surface area contributed by atoms with E-state index in [9.17, 15) is 13.6 Å². The summed E-state index contributed by atoms with van der Waals surface area (Å²) in [6.07, 6.45) is 11.7. The molecule has 5 aliphatic rings. The lowest BCUT2D eigenvalue weighted by Gasteiger charge is -2.48. The molecule has 0 bridgehead atoms. The predicted molar refractivity (Wildman–Crippen MR) is 215 cm³/mol. The quantitative estimate of drug-likeness (QED) is 0.201. The molecule has 4 aromatic rings. The number of ether oxygens (including phenoxy) is 2. The molecule has 6 heterocycles. The first-order valence-electron chi connectivity index (χ1n) is 19.6. The van der Waals surface area contributed by atoms with Crippen molar-refractivity contribution < 1.29 is 23.0 Å². The Hall–Kier alpha value is -5.70. The lowest BCUT2D eigenvalue weighted by molar-refractivity contribution is -0.0548. The number of rotatable bonds is 9. The van der Waals surface area contributed by atoms with Gasteiger partial charge in [-0.2, -0.15) is 0 Å². The zero-order chi connectivity index (χ0) is 38.9. The van der Waals surface area contributed by atoms with Crippen LogP contribution in [0, 0.1) is 11.6 Å². The van der Waals surface area contributed by atoms with E-state index in [4.69, 9.17) is 19.5 Å². The normalized spacial score (nSPS) is 22.5. The Morgan fingerprint density at radius 3 is 2.58 bits per heavy atom. The second kappa shape index (κ2) is 16.0. The fourth-order valence-electron chi connectivity index (χ4n) is 8.67. The van der Waals surface area contributed by atoms with Crippen LogP contribution < -0.4 is 20.3 Å². The van der Waals surface area contributed by atoms with Gasteiger partial charge in [-0.25, -0.2) is 18.7 Å². The minimum atomic E-state index is -0.852. The van der Waals surface area contributed by atoms with Crippen molar-refractivity contribution in [2.24, 2.45) is 4.99 Å². The number of amides is 1. The maximum atomic E-state index is 14.3. The van der Waals surface area contributed by atoms with E-state index in [-0.39, 0.29) is 11.6 Å². The molecule has 3 aromatic carbocycles. The summed E-state index contributed by atoms with van der Waals surface area (Å²) in [7, 11) is 1.67. The summed E-state index contributed by atoms with van der Waals surface area (Å²) in [6, 6.07) is 18.7. The molecule has 0 aliphatic carbocycles. The van der Waals surface area contributed by atoms with Crippen molar-refractivity contribution >= 4 is 34.8 Å². The topological polar surface area (TPSA) is 111 Å². The number of piperazine rings is 1. The average molecular weight is 774 g/mol. The van der Waals surface area contributed by atoms with Crippen molar-refractivity contribution in [3.05, 3.63) is 126 Å². The molecule has 57 heavy (non-hydrogen) atoms. The van der Waals surface area contributed by atoms with E-state index in [1.807, 2.05) is 47.5 Å². The van der Waals surface area contributed by atoms with Crippen molar-refractivity contribution in [1.29, 1.82) is 0 Å². The number of benzene rings is 3. The SMILES string of the molecule is COc1cc(N2CCC(N3CCN4CCOC[C@@H]4C3)CC2)ccc1Nc1nccc(C2C(c3cccc(C(=O)Nc4c(F)cccc4F)c3)N=C3C=CC=CN32)n1. The van der Waals surface area contributed by atoms with E-state index < -0.39 is 29.3 Å². The Labute approximate surface area is 330 Å². The number of carbonyl (C=O) groups is 1. The summed E-state index contributed by atoms with van der Waals surface area (Å²) >= 11 is 0. The van der Waals surface area contributed by atoms with Crippen molar-refractivity contribution in [3.8, 4) is 5.75 Å². The van der Waals surface area contributed by atoms with Crippen molar-refractivity contribution in [2.75, 3.05) is 75.1 Å². The van der Waals surface area contributed by atoms with E-state index in [1.165, 1.54) is 6.07 Å². The summed E-state index contributed by atoms with van der Waals surface area (Å²) in [4.78, 5) is 37.5. The summed E-state index contributed by atoms with van der Waals surface area (Å²) < 4.78 is 40.4. The Kier molecular flexibility index (Phi) is 10.4. The van der Waals surface area contributed by atoms with Crippen molar-refractivity contribution in [1.82, 2.24) is 24.7 Å². The third-order valence-corrected chi connectivity index (χ3v) is 11.7. The average Bonchev–Trinajstić information content (AvgIpc) is 3.65. The molecule has 2 N–H and O–H groups in total. The number of nitrogens with one attached hydrogen (secondary N) is 2. The van der Waals surface area contributed by atoms with Gasteiger partial charge in [0.25, 0.3) is 5.91 Å². The van der Waals surface area contributed by atoms with Gasteiger partial charge in [0.05, 0.1) is 31.7 Å². The maximum Gasteiger partial charge on any atom is 0.255 e. The molecular formula is C43H45F2N9O3. The number of anilines is 4. The largest absolute Gasteiger partial charge is 0.494 e. The van der Waals surface area contributed by atoms with E-state index in [0.29, 0.717) is 29.5 Å². The number of piperidine rings is 1. The second-order valence-corrected chi connectivity index (χ2v) is 15.0. The van der Waals surface area contributed by atoms with Crippen LogP contribution >= 0.6 is 0 Å². The number of hydrogen-bond donors (Lipinski definition) is 2. The van der Waals surface area contributed by atoms with Gasteiger partial charge in [0.15, 0.2) is 0 Å². The van der Waals surface area contributed by atoms with Gasteiger partial charge in [0.1, 0.15) is 41.0 Å². The summed E-state index contributed by atoms with van der Waals surface area (Å²) in [6.45, 7) is 8.07. The van der Waals surface area contributed by atoms with Crippen LogP contribution in [0.25, 0.3) is 0 Å². The number of fused-ring (bicyclic) bond motifs is 2. The summed E-state index contributed by atoms with van der Waals surface area (Å²) in [5, 5.41) is 5.77. The van der Waals surface area contributed by atoms with Crippen LogP contribution in [-0.4, -0.2) is 108 Å². The molecular weight excluding hydrogens is 729 g/mol. The van der Waals surface area contributed by atoms with Gasteiger partial charge >= 0.3 is 0 Å². The highest BCUT2D eigenvalue weighted by Gasteiger charge is 2.39. The van der Waals surface area contributed by atoms with Gasteiger partial charge in [-0.05, 0) is 73.0 Å². The monoisotopic (exact) mass is 773 g/mol. The molecule has 294 valence electrons. The molecule has 1 aromatic heterocycles. The zero-order valence-electron chi connectivity index (χ0n) is 31.7. The molecule has 3 fully saturated rings. The van der Waals surface area contributed by atoms with Crippen LogP contribution in [0.1, 0.15) is 46.5 Å². The van der Waals surface area contributed by atoms with Gasteiger partial charge < -0.3 is 29.9 Å². The molecule has 14 heteroatoms. The Morgan fingerprint density at radius 2 is 1.74 bits per heavy atom. The van der Waals surface area contributed by atoms with Crippen LogP contribution in [0.2, 0.25) is 0 Å². The minimum Gasteiger partial charge on any atom is -0.494 e. The summed E-state index contributed by atoms with van der Waals surface area (Å²) in [5.74, 6) is -0.513. The molecule has 2 unspecified atom stereocenters. The fourth-order valence-corrected chi connectivity index (χ4v) is 8.67. The lowest BCUT2D eigenvalue weighted by atomic mass is 9.95. The summed E-state index contributed by atoms with van der Waals surface area (Å²) in [5.41, 5.74) is 3.05. The van der Waals surface area contributed by atoms with Crippen molar-refractivity contribution in [2.45, 2.75) is 37.0 Å². The molecule has 5 aliphatic heterocycles. The Morgan fingerprint density at radius 1 is 0.912 bits per heavy atom. The van der Waals surface area contributed by atoms with Gasteiger partial charge in [0, 0.05) is 81.1 Å². The van der Waals surface area contributed by atoms with Crippen LogP contribution in [0.5, 0.6) is 5.75 Å². The first-order valence-corrected chi connectivity index (χ1v) is 19.6. The van der Waals surface area contributed by atoms with Gasteiger partial charge in [0.2, 0.25) is 5.95 Å². The number of allylic oxidation sites excluding steroid dienone is 2. The van der Waals surface area contributed by atoms with Crippen LogP contribution in [0.3, 0.4) is 0 Å². The first kappa shape index (κ1) is 36.9. The van der Waals surface area contributed by atoms with Gasteiger partial charge in [-0.3, -0.25) is 19.6 Å².